The molecule has 0 radical (unpaired) electrons. The number of rotatable bonds is 41. The number of ether oxygens (including phenoxy) is 2. The molecule has 3 amide bonds. The van der Waals surface area contributed by atoms with E-state index in [-0.39, 0.29) is 41.7 Å². The Hall–Kier alpha value is -7.37. The lowest BCUT2D eigenvalue weighted by atomic mass is 9.90. The highest BCUT2D eigenvalue weighted by atomic mass is 32.1. The van der Waals surface area contributed by atoms with E-state index in [4.69, 9.17) is 31.2 Å². The molecule has 0 aromatic carbocycles. The number of nitrogens with one attached hydrogen (secondary N) is 2. The number of primary amides is 1. The van der Waals surface area contributed by atoms with E-state index in [1.807, 2.05) is 0 Å². The number of ketones is 2. The zero-order valence-electron chi connectivity index (χ0n) is 58.1. The Bertz CT molecular complexity index is 2930. The molecule has 510 valence electrons. The van der Waals surface area contributed by atoms with Crippen molar-refractivity contribution in [2.45, 2.75) is 230 Å². The molecule has 1 aromatic heterocycles. The van der Waals surface area contributed by atoms with Gasteiger partial charge in [-0.1, -0.05) is 116 Å². The smallest absolute Gasteiger partial charge is 0.322 e. The van der Waals surface area contributed by atoms with E-state index < -0.39 is 48.3 Å². The molecule has 0 aliphatic heterocycles. The molecule has 2 atom stereocenters. The fraction of sp³-hybridized carbons (Fsp3) is 0.520. The molecule has 1 aliphatic rings. The maximum atomic E-state index is 12.9. The van der Waals surface area contributed by atoms with Crippen molar-refractivity contribution in [1.29, 1.82) is 0 Å². The minimum Gasteiger partial charge on any atom is -0.489 e. The number of nitrogens with two attached hydrogens (primary N) is 2. The molecule has 1 aliphatic carbocycles. The average Bonchev–Trinajstić information content (AvgIpc) is 0.803. The number of hydrogen-bond donors (Lipinski definition) is 7. The largest absolute Gasteiger partial charge is 0.489 e. The van der Waals surface area contributed by atoms with Crippen molar-refractivity contribution in [3.05, 3.63) is 169 Å². The van der Waals surface area contributed by atoms with Crippen LogP contribution >= 0.6 is 12.6 Å². The van der Waals surface area contributed by atoms with Crippen LogP contribution in [0.2, 0.25) is 0 Å². The Morgan fingerprint density at radius 2 is 0.924 bits per heavy atom. The summed E-state index contributed by atoms with van der Waals surface area (Å²) in [7, 11) is 2.78. The molecule has 0 spiro atoms. The number of pyridine rings is 1. The highest BCUT2D eigenvalue weighted by Gasteiger charge is 2.34. The molecule has 1 heterocycles. The highest BCUT2D eigenvalue weighted by molar-refractivity contribution is 7.80. The monoisotopic (exact) mass is 1290 g/mol. The number of carbonyl (C=O) groups is 7. The van der Waals surface area contributed by atoms with Crippen molar-refractivity contribution in [3.8, 4) is 0 Å². The SMILES string of the molecule is COC1=C(OC)C(=O)C(C/C=C(\C)CC/C=C(\C)CC/C=C(\C)CC/C=C(\C)CC/C=C(\C)CC/C=C(\C)CC/C=C(\C)CC/C=C(\C)CC/C=C(\C)CCC=C(C)C)=C(C)C1=O.NC(=O)c1cccnc1.N[C@@H](CCC(=O)N[C@@H](CS)C(=O)NCC(=O)O)C(=O)O. The summed E-state index contributed by atoms with van der Waals surface area (Å²) in [5.74, 6) is -4.72. The van der Waals surface area contributed by atoms with Crippen LogP contribution in [0.15, 0.2) is 164 Å². The van der Waals surface area contributed by atoms with Gasteiger partial charge in [0.15, 0.2) is 0 Å². The molecule has 1 aromatic rings. The van der Waals surface area contributed by atoms with E-state index in [1.165, 1.54) is 95.4 Å². The third kappa shape index (κ3) is 41.2. The molecule has 92 heavy (non-hydrogen) atoms. The number of nitrogens with zero attached hydrogens (tertiary/aromatic N) is 1. The normalized spacial score (nSPS) is 14.6. The fourth-order valence-electron chi connectivity index (χ4n) is 9.26. The van der Waals surface area contributed by atoms with Crippen LogP contribution in [-0.2, 0) is 38.2 Å². The molecular formula is C75H113N5O11S. The van der Waals surface area contributed by atoms with Gasteiger partial charge in [0.25, 0.3) is 0 Å². The minimum absolute atomic E-state index is 0.00667. The second-order valence-electron chi connectivity index (χ2n) is 24.1. The fourth-order valence-corrected chi connectivity index (χ4v) is 9.51. The van der Waals surface area contributed by atoms with Gasteiger partial charge in [-0.25, -0.2) is 0 Å². The molecule has 2 rings (SSSR count). The van der Waals surface area contributed by atoms with Crippen molar-refractivity contribution in [1.82, 2.24) is 15.6 Å². The number of amides is 3. The first-order chi connectivity index (χ1) is 43.6. The lowest BCUT2D eigenvalue weighted by Gasteiger charge is -2.19. The van der Waals surface area contributed by atoms with E-state index in [1.54, 1.807) is 25.3 Å². The van der Waals surface area contributed by atoms with Crippen molar-refractivity contribution in [2.24, 2.45) is 11.5 Å². The molecule has 0 unspecified atom stereocenters. The lowest BCUT2D eigenvalue weighted by Crippen LogP contribution is -2.49. The van der Waals surface area contributed by atoms with Crippen molar-refractivity contribution >= 4 is 53.9 Å². The van der Waals surface area contributed by atoms with Gasteiger partial charge in [0.1, 0.15) is 18.6 Å². The molecule has 8 N–H and O–H groups in total. The zero-order valence-corrected chi connectivity index (χ0v) is 59.0. The summed E-state index contributed by atoms with van der Waals surface area (Å²) in [4.78, 5) is 83.4. The first-order valence-electron chi connectivity index (χ1n) is 32.3. The van der Waals surface area contributed by atoms with Crippen LogP contribution in [0.4, 0.5) is 0 Å². The van der Waals surface area contributed by atoms with Gasteiger partial charge in [0, 0.05) is 35.7 Å². The molecule has 0 fully saturated rings. The second-order valence-corrected chi connectivity index (χ2v) is 24.5. The average molecular weight is 1290 g/mol. The van der Waals surface area contributed by atoms with Crippen molar-refractivity contribution < 1.29 is 53.2 Å². The topological polar surface area (TPSA) is 267 Å². The van der Waals surface area contributed by atoms with E-state index in [0.717, 1.165) is 96.3 Å². The van der Waals surface area contributed by atoms with Crippen LogP contribution < -0.4 is 22.1 Å². The Morgan fingerprint density at radius 1 is 0.565 bits per heavy atom. The van der Waals surface area contributed by atoms with Crippen LogP contribution in [0.1, 0.15) is 228 Å². The van der Waals surface area contributed by atoms with Crippen LogP contribution in [0.25, 0.3) is 0 Å². The lowest BCUT2D eigenvalue weighted by molar-refractivity contribution is -0.139. The summed E-state index contributed by atoms with van der Waals surface area (Å²) in [6.07, 6.45) is 47.1. The number of carbonyl (C=O) groups excluding carboxylic acids is 5. The summed E-state index contributed by atoms with van der Waals surface area (Å²) in [6, 6.07) is 1.14. The Labute approximate surface area is 557 Å². The number of aromatic nitrogens is 1. The maximum Gasteiger partial charge on any atom is 0.322 e. The van der Waals surface area contributed by atoms with Gasteiger partial charge < -0.3 is 41.8 Å². The van der Waals surface area contributed by atoms with E-state index in [2.05, 4.69) is 165 Å². The number of Topliss-reactive ketones (excluding diaryl/α,β-unsaturated/α-hetero) is 2. The minimum atomic E-state index is -1.22. The highest BCUT2D eigenvalue weighted by Crippen LogP contribution is 2.29. The van der Waals surface area contributed by atoms with Crippen molar-refractivity contribution in [2.75, 3.05) is 26.5 Å². The van der Waals surface area contributed by atoms with E-state index in [9.17, 15) is 33.6 Å². The second kappa shape index (κ2) is 50.2. The molecule has 16 nitrogen and oxygen atoms in total. The van der Waals surface area contributed by atoms with E-state index in [0.29, 0.717) is 23.1 Å². The van der Waals surface area contributed by atoms with Gasteiger partial charge in [-0.2, -0.15) is 12.6 Å². The Morgan fingerprint density at radius 3 is 1.22 bits per heavy atom. The van der Waals surface area contributed by atoms with Gasteiger partial charge in [-0.3, -0.25) is 38.5 Å². The quantitative estimate of drug-likeness (QED) is 0.0183. The maximum absolute atomic E-state index is 12.9. The number of hydrogen-bond acceptors (Lipinski definition) is 12. The third-order valence-electron chi connectivity index (χ3n) is 15.3. The van der Waals surface area contributed by atoms with Gasteiger partial charge >= 0.3 is 11.9 Å². The number of carboxylic acids is 2. The molecular weight excluding hydrogens is 1180 g/mol. The zero-order chi connectivity index (χ0) is 69.6. The van der Waals surface area contributed by atoms with Crippen LogP contribution in [0.5, 0.6) is 0 Å². The standard InChI is InChI=1S/C59H90O4.C10H17N3O6S.C6H6N2O/c1-44(2)24-15-25-45(3)26-16-27-46(4)28-17-29-47(5)30-18-31-48(6)32-19-33-49(7)34-20-35-50(8)36-21-37-51(9)38-22-39-52(10)40-23-41-53(11)42-43-55-54(12)56(60)58(62-13)59(63-14)57(55)61;11-5(10(18)19)1-2-7(14)13-6(4-20)9(17)12-3-8(15)16;7-6(9)5-2-1-3-8-4-5/h24,26,28,30,32,34,36,38,40,42H,15-23,25,27,29,31,33,35,37,39,41,43H2,1-14H3;5-6,20H,1-4,11H2,(H,12,17)(H,13,14)(H,15,16)(H,18,19);1-4H,(H2,7,9)/b45-26+,46-28+,47-30+,48-32+,49-34+,50-36+,51-38+,52-40+,53-42+;;/t;5-,6-;/m.0./s1. The summed E-state index contributed by atoms with van der Waals surface area (Å²) < 4.78 is 10.3. The van der Waals surface area contributed by atoms with Gasteiger partial charge in [-0.05, 0) is 224 Å². The van der Waals surface area contributed by atoms with Crippen molar-refractivity contribution in [3.63, 3.8) is 0 Å². The molecule has 0 saturated heterocycles. The van der Waals surface area contributed by atoms with Gasteiger partial charge in [0.05, 0.1) is 19.8 Å². The molecule has 0 bridgehead atoms. The predicted octanol–water partition coefficient (Wildman–Crippen LogP) is 15.8. The predicted molar refractivity (Wildman–Crippen MR) is 379 cm³/mol. The van der Waals surface area contributed by atoms with Gasteiger partial charge in [0.2, 0.25) is 40.8 Å². The number of allylic oxidation sites excluding steroid dienone is 22. The Kier molecular flexibility index (Phi) is 46.2. The number of methoxy groups -OCH3 is 2. The first-order valence-corrected chi connectivity index (χ1v) is 32.9. The summed E-state index contributed by atoms with van der Waals surface area (Å²) in [6.45, 7) is 25.8. The first kappa shape index (κ1) is 84.6. The summed E-state index contributed by atoms with van der Waals surface area (Å²) in [5, 5.41) is 21.4. The number of thiol groups is 1. The summed E-state index contributed by atoms with van der Waals surface area (Å²) in [5.41, 5.74) is 26.1. The number of carboxylic acid groups (broad SMARTS) is 2. The van der Waals surface area contributed by atoms with Crippen LogP contribution in [0.3, 0.4) is 0 Å². The van der Waals surface area contributed by atoms with Gasteiger partial charge in [-0.15, -0.1) is 0 Å². The summed E-state index contributed by atoms with van der Waals surface area (Å²) >= 11 is 3.87. The van der Waals surface area contributed by atoms with E-state index >= 15 is 0 Å². The third-order valence-corrected chi connectivity index (χ3v) is 15.7. The Balaban J connectivity index is 0.00000232. The molecule has 17 heteroatoms. The molecule has 0 saturated carbocycles. The van der Waals surface area contributed by atoms with Crippen LogP contribution in [0, 0.1) is 0 Å². The number of aliphatic carboxylic acids is 2. The van der Waals surface area contributed by atoms with Crippen LogP contribution in [-0.4, -0.2) is 95.0 Å².